The van der Waals surface area contributed by atoms with Crippen LogP contribution in [0.3, 0.4) is 0 Å². The molecular weight excluding hydrogens is 210 g/mol. The summed E-state index contributed by atoms with van der Waals surface area (Å²) in [4.78, 5) is 1.62. The normalized spacial score (nSPS) is 11.5. The van der Waals surface area contributed by atoms with Crippen LogP contribution in [-0.4, -0.2) is 19.0 Å². The van der Waals surface area contributed by atoms with Crippen molar-refractivity contribution in [3.8, 4) is 0 Å². The average Bonchev–Trinajstić information content (AvgIpc) is 2.12. The smallest absolute Gasteiger partial charge is 0.266 e. The van der Waals surface area contributed by atoms with E-state index in [0.717, 1.165) is 6.07 Å². The summed E-state index contributed by atoms with van der Waals surface area (Å²) >= 11 is 0. The van der Waals surface area contributed by atoms with Gasteiger partial charge in [-0.1, -0.05) is 6.07 Å². The second-order valence-electron chi connectivity index (χ2n) is 3.48. The van der Waals surface area contributed by atoms with Gasteiger partial charge >= 0.3 is 0 Å². The third kappa shape index (κ3) is 2.68. The van der Waals surface area contributed by atoms with Gasteiger partial charge in [0.2, 0.25) is 0 Å². The van der Waals surface area contributed by atoms with Crippen LogP contribution in [0.15, 0.2) is 12.1 Å². The molecule has 0 saturated heterocycles. The minimum atomic E-state index is -2.99. The molecule has 0 N–H and O–H groups in total. The van der Waals surface area contributed by atoms with Crippen LogP contribution in [0.25, 0.3) is 0 Å². The highest BCUT2D eigenvalue weighted by Crippen LogP contribution is 2.25. The van der Waals surface area contributed by atoms with Crippen molar-refractivity contribution >= 4 is 0 Å². The summed E-state index contributed by atoms with van der Waals surface area (Å²) in [5.74, 6) is -2.65. The van der Waals surface area contributed by atoms with Crippen molar-refractivity contribution in [2.45, 2.75) is 13.0 Å². The number of halogens is 4. The predicted octanol–water partition coefficient (Wildman–Crippen LogP) is 2.96. The molecule has 0 aliphatic heterocycles. The van der Waals surface area contributed by atoms with Crippen molar-refractivity contribution in [3.05, 3.63) is 34.9 Å². The van der Waals surface area contributed by atoms with E-state index in [2.05, 4.69) is 0 Å². The third-order valence-electron chi connectivity index (χ3n) is 1.91. The molecule has 1 rings (SSSR count). The van der Waals surface area contributed by atoms with Gasteiger partial charge < -0.3 is 4.90 Å². The Morgan fingerprint density at radius 2 is 1.73 bits per heavy atom. The Morgan fingerprint density at radius 3 is 2.20 bits per heavy atom. The average molecular weight is 221 g/mol. The van der Waals surface area contributed by atoms with Gasteiger partial charge in [-0.25, -0.2) is 17.6 Å². The van der Waals surface area contributed by atoms with E-state index in [9.17, 15) is 17.6 Å². The molecule has 0 aromatic heterocycles. The zero-order chi connectivity index (χ0) is 11.6. The molecule has 1 nitrogen and oxygen atoms in total. The van der Waals surface area contributed by atoms with Crippen LogP contribution in [0.2, 0.25) is 0 Å². The summed E-state index contributed by atoms with van der Waals surface area (Å²) in [6.45, 7) is 0.173. The maximum Gasteiger partial charge on any atom is 0.266 e. The molecule has 15 heavy (non-hydrogen) atoms. The predicted molar refractivity (Wildman–Crippen MR) is 48.7 cm³/mol. The minimum Gasteiger partial charge on any atom is -0.305 e. The topological polar surface area (TPSA) is 3.24 Å². The Bertz CT molecular complexity index is 350. The lowest BCUT2D eigenvalue weighted by Crippen LogP contribution is -2.13. The molecule has 0 radical (unpaired) electrons. The monoisotopic (exact) mass is 221 g/mol. The van der Waals surface area contributed by atoms with Crippen LogP contribution in [0.5, 0.6) is 0 Å². The van der Waals surface area contributed by atoms with Crippen molar-refractivity contribution in [1.82, 2.24) is 4.90 Å². The van der Waals surface area contributed by atoms with Gasteiger partial charge in [-0.15, -0.1) is 0 Å². The van der Waals surface area contributed by atoms with E-state index in [0.29, 0.717) is 0 Å². The van der Waals surface area contributed by atoms with Gasteiger partial charge in [0.15, 0.2) is 11.6 Å². The van der Waals surface area contributed by atoms with E-state index in [1.165, 1.54) is 6.07 Å². The molecule has 1 aromatic rings. The Morgan fingerprint density at radius 1 is 1.13 bits per heavy atom. The number of hydrogen-bond donors (Lipinski definition) is 0. The zero-order valence-corrected chi connectivity index (χ0v) is 8.40. The van der Waals surface area contributed by atoms with E-state index in [4.69, 9.17) is 0 Å². The highest BCUT2D eigenvalue weighted by molar-refractivity contribution is 5.27. The lowest BCUT2D eigenvalue weighted by Gasteiger charge is -2.12. The van der Waals surface area contributed by atoms with Crippen molar-refractivity contribution in [2.75, 3.05) is 14.1 Å². The van der Waals surface area contributed by atoms with Gasteiger partial charge in [-0.3, -0.25) is 0 Å². The quantitative estimate of drug-likeness (QED) is 0.709. The molecule has 0 aliphatic carbocycles. The number of hydrogen-bond acceptors (Lipinski definition) is 1. The number of alkyl halides is 2. The van der Waals surface area contributed by atoms with Crippen LogP contribution in [0.4, 0.5) is 17.6 Å². The molecule has 1 aromatic carbocycles. The first-order valence-electron chi connectivity index (χ1n) is 4.33. The second-order valence-corrected chi connectivity index (χ2v) is 3.48. The standard InChI is InChI=1S/C10H11F4N/c1-15(2)5-6-3-4-7(10(13)14)9(12)8(6)11/h3-4,10H,5H2,1-2H3. The zero-order valence-electron chi connectivity index (χ0n) is 8.40. The third-order valence-corrected chi connectivity index (χ3v) is 1.91. The summed E-state index contributed by atoms with van der Waals surface area (Å²) < 4.78 is 50.7. The Hall–Kier alpha value is -1.10. The Balaban J connectivity index is 3.10. The molecule has 0 heterocycles. The van der Waals surface area contributed by atoms with Gasteiger partial charge in [0.05, 0.1) is 5.56 Å². The van der Waals surface area contributed by atoms with E-state index >= 15 is 0 Å². The van der Waals surface area contributed by atoms with Crippen molar-refractivity contribution < 1.29 is 17.6 Å². The summed E-state index contributed by atoms with van der Waals surface area (Å²) in [6, 6.07) is 2.10. The van der Waals surface area contributed by atoms with Gasteiger partial charge in [0, 0.05) is 12.1 Å². The van der Waals surface area contributed by atoms with Crippen LogP contribution in [0, 0.1) is 11.6 Å². The molecule has 0 spiro atoms. The summed E-state index contributed by atoms with van der Waals surface area (Å²) in [6.07, 6.45) is -2.99. The molecular formula is C10H11F4N. The Labute approximate surface area is 85.3 Å². The summed E-state index contributed by atoms with van der Waals surface area (Å²) in [5, 5.41) is 0. The van der Waals surface area contributed by atoms with Crippen LogP contribution < -0.4 is 0 Å². The van der Waals surface area contributed by atoms with E-state index in [-0.39, 0.29) is 12.1 Å². The van der Waals surface area contributed by atoms with Crippen LogP contribution in [0.1, 0.15) is 17.6 Å². The van der Waals surface area contributed by atoms with Crippen molar-refractivity contribution in [3.63, 3.8) is 0 Å². The number of benzene rings is 1. The fraction of sp³-hybridized carbons (Fsp3) is 0.400. The van der Waals surface area contributed by atoms with E-state index in [1.54, 1.807) is 19.0 Å². The molecule has 0 aliphatic rings. The second kappa shape index (κ2) is 4.61. The van der Waals surface area contributed by atoms with E-state index < -0.39 is 23.6 Å². The van der Waals surface area contributed by atoms with Crippen molar-refractivity contribution in [1.29, 1.82) is 0 Å². The fourth-order valence-electron chi connectivity index (χ4n) is 1.24. The van der Waals surface area contributed by atoms with Crippen LogP contribution in [-0.2, 0) is 6.54 Å². The highest BCUT2D eigenvalue weighted by Gasteiger charge is 2.19. The molecule has 0 amide bonds. The van der Waals surface area contributed by atoms with E-state index in [1.807, 2.05) is 0 Å². The van der Waals surface area contributed by atoms with Gasteiger partial charge in [-0.05, 0) is 20.2 Å². The first-order chi connectivity index (χ1) is 6.93. The molecule has 0 unspecified atom stereocenters. The Kier molecular flexibility index (Phi) is 3.68. The van der Waals surface area contributed by atoms with Gasteiger partial charge in [0.25, 0.3) is 6.43 Å². The first kappa shape index (κ1) is 12.0. The molecule has 84 valence electrons. The van der Waals surface area contributed by atoms with Crippen molar-refractivity contribution in [2.24, 2.45) is 0 Å². The van der Waals surface area contributed by atoms with Gasteiger partial charge in [-0.2, -0.15) is 0 Å². The fourth-order valence-corrected chi connectivity index (χ4v) is 1.24. The largest absolute Gasteiger partial charge is 0.305 e. The maximum atomic E-state index is 13.2. The molecule has 5 heteroatoms. The van der Waals surface area contributed by atoms with Gasteiger partial charge in [0.1, 0.15) is 0 Å². The lowest BCUT2D eigenvalue weighted by molar-refractivity contribution is 0.145. The highest BCUT2D eigenvalue weighted by atomic mass is 19.3. The SMILES string of the molecule is CN(C)Cc1ccc(C(F)F)c(F)c1F. The lowest BCUT2D eigenvalue weighted by atomic mass is 10.1. The number of rotatable bonds is 3. The summed E-state index contributed by atoms with van der Waals surface area (Å²) in [7, 11) is 3.36. The molecule has 0 bridgehead atoms. The summed E-state index contributed by atoms with van der Waals surface area (Å²) in [5.41, 5.74) is -0.822. The molecule has 0 fully saturated rings. The number of nitrogens with zero attached hydrogens (tertiary/aromatic N) is 1. The molecule has 0 saturated carbocycles. The van der Waals surface area contributed by atoms with Crippen LogP contribution >= 0.6 is 0 Å². The maximum absolute atomic E-state index is 13.2. The first-order valence-corrected chi connectivity index (χ1v) is 4.33. The molecule has 0 atom stereocenters. The minimum absolute atomic E-state index is 0.0712.